The highest BCUT2D eigenvalue weighted by Gasteiger charge is 2.03. The molecule has 74 valence electrons. The van der Waals surface area contributed by atoms with Gasteiger partial charge in [0.25, 0.3) is 0 Å². The molecule has 0 nitrogen and oxygen atoms in total. The van der Waals surface area contributed by atoms with Gasteiger partial charge in [-0.25, -0.2) is 0 Å². The van der Waals surface area contributed by atoms with Crippen LogP contribution in [0.3, 0.4) is 0 Å². The number of aryl methyl sites for hydroxylation is 2. The molecule has 0 spiro atoms. The summed E-state index contributed by atoms with van der Waals surface area (Å²) in [6.45, 7) is 4.33. The van der Waals surface area contributed by atoms with Gasteiger partial charge in [-0.15, -0.1) is 8.19 Å². The van der Waals surface area contributed by atoms with Gasteiger partial charge in [0.1, 0.15) is 0 Å². The van der Waals surface area contributed by atoms with E-state index in [4.69, 9.17) is 0 Å². The van der Waals surface area contributed by atoms with E-state index in [0.717, 1.165) is 8.19 Å². The van der Waals surface area contributed by atoms with Crippen molar-refractivity contribution in [1.82, 2.24) is 0 Å². The van der Waals surface area contributed by atoms with Gasteiger partial charge < -0.3 is 0 Å². The predicted molar refractivity (Wildman–Crippen MR) is 70.4 cm³/mol. The van der Waals surface area contributed by atoms with Crippen molar-refractivity contribution in [3.8, 4) is 0 Å². The van der Waals surface area contributed by atoms with E-state index in [1.807, 2.05) is 0 Å². The third kappa shape index (κ3) is 1.37. The Morgan fingerprint density at radius 3 is 1.67 bits per heavy atom. The molecule has 3 rings (SSSR count). The normalized spacial score (nSPS) is 11.3. The zero-order valence-corrected chi connectivity index (χ0v) is 9.96. The van der Waals surface area contributed by atoms with Gasteiger partial charge in [-0.05, 0) is 34.9 Å². The van der Waals surface area contributed by atoms with Gasteiger partial charge in [-0.3, -0.25) is 0 Å². The fourth-order valence-electron chi connectivity index (χ4n) is 2.12. The van der Waals surface area contributed by atoms with E-state index < -0.39 is 0 Å². The third-order valence-electron chi connectivity index (χ3n) is 2.91. The number of rotatable bonds is 0. The van der Waals surface area contributed by atoms with Gasteiger partial charge in [-0.2, -0.15) is 0 Å². The van der Waals surface area contributed by atoms with Gasteiger partial charge in [0.15, 0.2) is 0 Å². The maximum atomic E-state index is 2.31. The van der Waals surface area contributed by atoms with Gasteiger partial charge in [0, 0.05) is 0 Å². The molecule has 0 saturated heterocycles. The van der Waals surface area contributed by atoms with Crippen LogP contribution in [0, 0.1) is 13.8 Å². The Labute approximate surface area is 91.0 Å². The number of fused-ring (bicyclic) bond motifs is 3. The smallest absolute Gasteiger partial charge is 0.000584 e. The molecular formula is C14H13P. The standard InChI is InChI=1S/C14H13P/c1-9-3-5-13-11(7-9)12-8-10(2)4-6-14(12)15-13/h3-8,15H,1-2H3. The average Bonchev–Trinajstić information content (AvgIpc) is 2.56. The first kappa shape index (κ1) is 9.00. The highest BCUT2D eigenvalue weighted by atomic mass is 31.0. The van der Waals surface area contributed by atoms with E-state index in [9.17, 15) is 0 Å². The van der Waals surface area contributed by atoms with Crippen LogP contribution in [-0.2, 0) is 0 Å². The zero-order valence-electron chi connectivity index (χ0n) is 8.96. The lowest BCUT2D eigenvalue weighted by Gasteiger charge is -1.95. The molecule has 0 bridgehead atoms. The lowest BCUT2D eigenvalue weighted by Crippen LogP contribution is -1.72. The lowest BCUT2D eigenvalue weighted by molar-refractivity contribution is 1.51. The largest absolute Gasteiger partial charge is 0.123 e. The SMILES string of the molecule is Cc1ccc2[pH]c3ccc(C)cc3c2c1. The van der Waals surface area contributed by atoms with Crippen LogP contribution in [0.1, 0.15) is 11.1 Å². The van der Waals surface area contributed by atoms with Crippen LogP contribution < -0.4 is 0 Å². The number of benzene rings is 2. The minimum absolute atomic E-state index is 0.844. The molecule has 0 N–H and O–H groups in total. The highest BCUT2D eigenvalue weighted by Crippen LogP contribution is 2.38. The molecule has 0 atom stereocenters. The summed E-state index contributed by atoms with van der Waals surface area (Å²) in [5, 5.41) is 5.90. The second kappa shape index (κ2) is 3.12. The zero-order chi connectivity index (χ0) is 10.4. The van der Waals surface area contributed by atoms with Crippen molar-refractivity contribution in [2.45, 2.75) is 13.8 Å². The van der Waals surface area contributed by atoms with Crippen molar-refractivity contribution >= 4 is 29.2 Å². The molecule has 0 radical (unpaired) electrons. The first-order chi connectivity index (χ1) is 7.24. The Hall–Kier alpha value is -1.26. The molecule has 0 saturated carbocycles. The fourth-order valence-corrected chi connectivity index (χ4v) is 3.43. The predicted octanol–water partition coefficient (Wildman–Crippen LogP) is 4.64. The van der Waals surface area contributed by atoms with Crippen LogP contribution in [0.5, 0.6) is 0 Å². The van der Waals surface area contributed by atoms with E-state index >= 15 is 0 Å². The van der Waals surface area contributed by atoms with E-state index in [1.54, 1.807) is 0 Å². The van der Waals surface area contributed by atoms with E-state index in [0.29, 0.717) is 0 Å². The minimum atomic E-state index is 0.844. The van der Waals surface area contributed by atoms with Crippen LogP contribution >= 0.6 is 8.19 Å². The Morgan fingerprint density at radius 2 is 1.20 bits per heavy atom. The van der Waals surface area contributed by atoms with Crippen LogP contribution in [0.4, 0.5) is 0 Å². The summed E-state index contributed by atoms with van der Waals surface area (Å²) < 4.78 is 0. The summed E-state index contributed by atoms with van der Waals surface area (Å²) in [5.41, 5.74) is 2.71. The molecule has 0 aliphatic carbocycles. The fraction of sp³-hybridized carbons (Fsp3) is 0.143. The first-order valence-electron chi connectivity index (χ1n) is 5.23. The molecule has 2 aromatic carbocycles. The molecule has 0 unspecified atom stereocenters. The summed E-state index contributed by atoms with van der Waals surface area (Å²) >= 11 is 0. The Kier molecular flexibility index (Phi) is 1.87. The van der Waals surface area contributed by atoms with Gasteiger partial charge in [-0.1, -0.05) is 47.5 Å². The molecule has 3 aromatic rings. The van der Waals surface area contributed by atoms with Crippen molar-refractivity contribution in [3.63, 3.8) is 0 Å². The molecule has 1 heteroatoms. The number of hydrogen-bond donors (Lipinski definition) is 0. The van der Waals surface area contributed by atoms with Crippen LogP contribution in [-0.4, -0.2) is 0 Å². The topological polar surface area (TPSA) is 0 Å². The van der Waals surface area contributed by atoms with E-state index in [1.165, 1.54) is 32.1 Å². The third-order valence-corrected chi connectivity index (χ3v) is 4.32. The quantitative estimate of drug-likeness (QED) is 0.509. The molecule has 0 aliphatic heterocycles. The highest BCUT2D eigenvalue weighted by molar-refractivity contribution is 7.43. The van der Waals surface area contributed by atoms with Crippen LogP contribution in [0.15, 0.2) is 36.4 Å². The van der Waals surface area contributed by atoms with E-state index in [-0.39, 0.29) is 0 Å². The monoisotopic (exact) mass is 212 g/mol. The Bertz CT molecular complexity index is 591. The minimum Gasteiger partial charge on any atom is -0.123 e. The summed E-state index contributed by atoms with van der Waals surface area (Å²) in [4.78, 5) is 0. The van der Waals surface area contributed by atoms with Crippen molar-refractivity contribution < 1.29 is 0 Å². The maximum Gasteiger partial charge on any atom is -0.000584 e. The van der Waals surface area contributed by atoms with Crippen molar-refractivity contribution in [3.05, 3.63) is 47.5 Å². The van der Waals surface area contributed by atoms with Gasteiger partial charge >= 0.3 is 0 Å². The molecular weight excluding hydrogens is 199 g/mol. The molecule has 15 heavy (non-hydrogen) atoms. The number of hydrogen-bond acceptors (Lipinski definition) is 0. The van der Waals surface area contributed by atoms with Gasteiger partial charge in [0.2, 0.25) is 0 Å². The summed E-state index contributed by atoms with van der Waals surface area (Å²) in [6, 6.07) is 13.6. The summed E-state index contributed by atoms with van der Waals surface area (Å²) in [7, 11) is 0.844. The van der Waals surface area contributed by atoms with Crippen LogP contribution in [0.25, 0.3) is 21.0 Å². The maximum absolute atomic E-state index is 2.31. The van der Waals surface area contributed by atoms with Crippen molar-refractivity contribution in [2.75, 3.05) is 0 Å². The lowest BCUT2D eigenvalue weighted by atomic mass is 10.1. The second-order valence-electron chi connectivity index (χ2n) is 4.22. The molecule has 0 fully saturated rings. The molecule has 0 aliphatic rings. The first-order valence-corrected chi connectivity index (χ1v) is 6.23. The second-order valence-corrected chi connectivity index (χ2v) is 5.55. The molecule has 1 heterocycles. The van der Waals surface area contributed by atoms with Crippen molar-refractivity contribution in [1.29, 1.82) is 0 Å². The molecule has 0 amide bonds. The molecule has 1 aromatic heterocycles. The summed E-state index contributed by atoms with van der Waals surface area (Å²) in [5.74, 6) is 0. The van der Waals surface area contributed by atoms with E-state index in [2.05, 4.69) is 50.2 Å². The van der Waals surface area contributed by atoms with Crippen LogP contribution in [0.2, 0.25) is 0 Å². The van der Waals surface area contributed by atoms with Gasteiger partial charge in [0.05, 0.1) is 0 Å². The average molecular weight is 212 g/mol. The Morgan fingerprint density at radius 1 is 0.733 bits per heavy atom. The van der Waals surface area contributed by atoms with Crippen molar-refractivity contribution in [2.24, 2.45) is 0 Å². The Balaban J connectivity index is 2.55. The summed E-state index contributed by atoms with van der Waals surface area (Å²) in [6.07, 6.45) is 0.